The first kappa shape index (κ1) is 17.6. The number of nitrogens with zero attached hydrogens (tertiary/aromatic N) is 3. The summed E-state index contributed by atoms with van der Waals surface area (Å²) in [7, 11) is 1.64. The number of nitrogens with one attached hydrogen (secondary N) is 1. The average molecular weight is 405 g/mol. The normalized spacial score (nSPS) is 11.4. The maximum absolute atomic E-state index is 12.6. The van der Waals surface area contributed by atoms with E-state index in [0.717, 1.165) is 5.52 Å². The Hall–Kier alpha value is -2.77. The molecule has 0 saturated heterocycles. The third-order valence-electron chi connectivity index (χ3n) is 4.25. The van der Waals surface area contributed by atoms with Crippen LogP contribution in [0.15, 0.2) is 45.6 Å². The second-order valence-electron chi connectivity index (χ2n) is 6.14. The highest BCUT2D eigenvalue weighted by atomic mass is 35.5. The molecule has 4 rings (SSSR count). The van der Waals surface area contributed by atoms with Gasteiger partial charge < -0.3 is 14.3 Å². The molecule has 2 heterocycles. The standard InChI is InChI=1S/C18H14Cl2N4O3/c1-23(8-15-21-12-4-2-3-11(20)17(12)22-15)16(25)9-24-13-7-10(19)5-6-14(13)27-18(24)26/h2-7H,8-9H2,1H3,(H,21,22). The highest BCUT2D eigenvalue weighted by Crippen LogP contribution is 2.21. The number of benzene rings is 2. The third kappa shape index (κ3) is 3.31. The lowest BCUT2D eigenvalue weighted by molar-refractivity contribution is -0.131. The molecule has 1 N–H and O–H groups in total. The van der Waals surface area contributed by atoms with E-state index in [0.29, 0.717) is 32.5 Å². The number of aromatic nitrogens is 3. The number of amides is 1. The lowest BCUT2D eigenvalue weighted by atomic mass is 10.3. The summed E-state index contributed by atoms with van der Waals surface area (Å²) in [5.74, 6) is -0.280. The molecule has 1 amide bonds. The summed E-state index contributed by atoms with van der Waals surface area (Å²) in [4.78, 5) is 33.7. The Kier molecular flexibility index (Phi) is 4.41. The van der Waals surface area contributed by atoms with Crippen molar-refractivity contribution in [2.45, 2.75) is 13.1 Å². The summed E-state index contributed by atoms with van der Waals surface area (Å²) >= 11 is 12.1. The van der Waals surface area contributed by atoms with E-state index in [-0.39, 0.29) is 19.0 Å². The van der Waals surface area contributed by atoms with E-state index < -0.39 is 5.76 Å². The van der Waals surface area contributed by atoms with E-state index >= 15 is 0 Å². The molecule has 0 aliphatic heterocycles. The molecule has 4 aromatic rings. The van der Waals surface area contributed by atoms with Gasteiger partial charge in [0.2, 0.25) is 5.91 Å². The Morgan fingerprint density at radius 2 is 2.11 bits per heavy atom. The van der Waals surface area contributed by atoms with E-state index in [1.807, 2.05) is 12.1 Å². The molecule has 0 saturated carbocycles. The van der Waals surface area contributed by atoms with Crippen molar-refractivity contribution in [3.05, 3.63) is 62.8 Å². The van der Waals surface area contributed by atoms with E-state index in [1.54, 1.807) is 31.3 Å². The molecule has 138 valence electrons. The molecular formula is C18H14Cl2N4O3. The Balaban J connectivity index is 1.56. The topological polar surface area (TPSA) is 84.1 Å². The lowest BCUT2D eigenvalue weighted by Crippen LogP contribution is -2.32. The van der Waals surface area contributed by atoms with Gasteiger partial charge in [-0.3, -0.25) is 9.36 Å². The van der Waals surface area contributed by atoms with Gasteiger partial charge in [-0.15, -0.1) is 0 Å². The molecule has 0 aliphatic carbocycles. The summed E-state index contributed by atoms with van der Waals surface area (Å²) in [5.41, 5.74) is 2.31. The zero-order valence-corrected chi connectivity index (χ0v) is 15.7. The fourth-order valence-corrected chi connectivity index (χ4v) is 3.26. The van der Waals surface area contributed by atoms with Crippen LogP contribution in [0.3, 0.4) is 0 Å². The summed E-state index contributed by atoms with van der Waals surface area (Å²) in [6.07, 6.45) is 0. The number of halogens is 2. The van der Waals surface area contributed by atoms with Crippen molar-refractivity contribution >= 4 is 51.2 Å². The van der Waals surface area contributed by atoms with Crippen molar-refractivity contribution < 1.29 is 9.21 Å². The van der Waals surface area contributed by atoms with E-state index in [2.05, 4.69) is 9.97 Å². The predicted molar refractivity (Wildman–Crippen MR) is 103 cm³/mol. The van der Waals surface area contributed by atoms with Crippen molar-refractivity contribution in [1.82, 2.24) is 19.4 Å². The van der Waals surface area contributed by atoms with Gasteiger partial charge in [0.25, 0.3) is 0 Å². The highest BCUT2D eigenvalue weighted by Gasteiger charge is 2.17. The van der Waals surface area contributed by atoms with Gasteiger partial charge in [0.05, 0.1) is 22.6 Å². The molecule has 0 spiro atoms. The fourth-order valence-electron chi connectivity index (χ4n) is 2.88. The van der Waals surface area contributed by atoms with Crippen molar-refractivity contribution in [1.29, 1.82) is 0 Å². The molecule has 0 atom stereocenters. The van der Waals surface area contributed by atoms with Gasteiger partial charge in [0, 0.05) is 12.1 Å². The lowest BCUT2D eigenvalue weighted by Gasteiger charge is -2.15. The number of imidazole rings is 1. The Labute approximate surface area is 163 Å². The number of rotatable bonds is 4. The molecule has 2 aromatic carbocycles. The van der Waals surface area contributed by atoms with Gasteiger partial charge in [-0.1, -0.05) is 29.3 Å². The Bertz CT molecular complexity index is 1220. The second kappa shape index (κ2) is 6.75. The first-order chi connectivity index (χ1) is 12.9. The van der Waals surface area contributed by atoms with Crippen molar-refractivity contribution in [2.24, 2.45) is 0 Å². The van der Waals surface area contributed by atoms with Gasteiger partial charge in [0.15, 0.2) is 5.58 Å². The van der Waals surface area contributed by atoms with Gasteiger partial charge >= 0.3 is 5.76 Å². The number of carbonyl (C=O) groups is 1. The zero-order chi connectivity index (χ0) is 19.1. The monoisotopic (exact) mass is 404 g/mol. The molecule has 7 nitrogen and oxygen atoms in total. The van der Waals surface area contributed by atoms with Crippen LogP contribution in [0, 0.1) is 0 Å². The smallest absolute Gasteiger partial charge is 0.408 e. The Morgan fingerprint density at radius 3 is 2.89 bits per heavy atom. The molecular weight excluding hydrogens is 391 g/mol. The van der Waals surface area contributed by atoms with Gasteiger partial charge in [-0.25, -0.2) is 9.78 Å². The maximum Gasteiger partial charge on any atom is 0.420 e. The fraction of sp³-hybridized carbons (Fsp3) is 0.167. The molecule has 9 heteroatoms. The van der Waals surface area contributed by atoms with Gasteiger partial charge in [-0.2, -0.15) is 0 Å². The molecule has 0 unspecified atom stereocenters. The van der Waals surface area contributed by atoms with Crippen LogP contribution >= 0.6 is 23.2 Å². The summed E-state index contributed by atoms with van der Waals surface area (Å²) in [6.45, 7) is 0.0821. The number of fused-ring (bicyclic) bond motifs is 2. The van der Waals surface area contributed by atoms with E-state index in [9.17, 15) is 9.59 Å². The van der Waals surface area contributed by atoms with Crippen LogP contribution in [0.1, 0.15) is 5.82 Å². The Morgan fingerprint density at radius 1 is 1.30 bits per heavy atom. The largest absolute Gasteiger partial charge is 0.420 e. The number of oxazole rings is 1. The van der Waals surface area contributed by atoms with Crippen LogP contribution in [0.25, 0.3) is 22.1 Å². The first-order valence-corrected chi connectivity index (χ1v) is 8.84. The molecule has 0 fully saturated rings. The number of hydrogen-bond acceptors (Lipinski definition) is 4. The van der Waals surface area contributed by atoms with Crippen molar-refractivity contribution in [2.75, 3.05) is 7.05 Å². The van der Waals surface area contributed by atoms with Crippen LogP contribution < -0.4 is 5.76 Å². The number of carbonyl (C=O) groups excluding carboxylic acids is 1. The van der Waals surface area contributed by atoms with Crippen LogP contribution in [-0.4, -0.2) is 32.4 Å². The zero-order valence-electron chi connectivity index (χ0n) is 14.2. The van der Waals surface area contributed by atoms with Gasteiger partial charge in [0.1, 0.15) is 17.9 Å². The first-order valence-electron chi connectivity index (χ1n) is 8.08. The van der Waals surface area contributed by atoms with Gasteiger partial charge in [-0.05, 0) is 30.3 Å². The minimum Gasteiger partial charge on any atom is -0.408 e. The minimum absolute atomic E-state index is 0.163. The van der Waals surface area contributed by atoms with Crippen molar-refractivity contribution in [3.63, 3.8) is 0 Å². The molecule has 0 bridgehead atoms. The number of likely N-dealkylation sites (N-methyl/N-ethyl adjacent to an activating group) is 1. The number of para-hydroxylation sites is 1. The predicted octanol–water partition coefficient (Wildman–Crippen LogP) is 3.44. The quantitative estimate of drug-likeness (QED) is 0.564. The molecule has 27 heavy (non-hydrogen) atoms. The van der Waals surface area contributed by atoms with E-state index in [1.165, 1.54) is 9.47 Å². The maximum atomic E-state index is 12.6. The van der Waals surface area contributed by atoms with Crippen molar-refractivity contribution in [3.8, 4) is 0 Å². The molecule has 2 aromatic heterocycles. The van der Waals surface area contributed by atoms with Crippen LogP contribution in [0.4, 0.5) is 0 Å². The van der Waals surface area contributed by atoms with E-state index in [4.69, 9.17) is 27.6 Å². The summed E-state index contributed by atoms with van der Waals surface area (Å²) in [5, 5.41) is 0.995. The highest BCUT2D eigenvalue weighted by molar-refractivity contribution is 6.34. The molecule has 0 aliphatic rings. The SMILES string of the molecule is CN(Cc1nc2c(Cl)cccc2[nH]1)C(=O)Cn1c(=O)oc2ccc(Cl)cc21. The number of H-pyrrole nitrogens is 1. The third-order valence-corrected chi connectivity index (χ3v) is 4.79. The second-order valence-corrected chi connectivity index (χ2v) is 6.98. The van der Waals surface area contributed by atoms with Crippen LogP contribution in [0.5, 0.6) is 0 Å². The molecule has 0 radical (unpaired) electrons. The number of hydrogen-bond donors (Lipinski definition) is 1. The van der Waals surface area contributed by atoms with Crippen LogP contribution in [-0.2, 0) is 17.9 Å². The van der Waals surface area contributed by atoms with Crippen LogP contribution in [0.2, 0.25) is 10.0 Å². The number of aromatic amines is 1. The minimum atomic E-state index is -0.607. The summed E-state index contributed by atoms with van der Waals surface area (Å²) in [6, 6.07) is 10.3. The summed E-state index contributed by atoms with van der Waals surface area (Å²) < 4.78 is 6.41. The average Bonchev–Trinajstić information content (AvgIpc) is 3.17.